The molecular weight excluding hydrogens is 368 g/mol. The zero-order valence-electron chi connectivity index (χ0n) is 14.3. The van der Waals surface area contributed by atoms with Crippen LogP contribution < -0.4 is 15.6 Å². The third-order valence-corrected chi connectivity index (χ3v) is 4.48. The first-order valence-corrected chi connectivity index (χ1v) is 8.54. The highest BCUT2D eigenvalue weighted by atomic mass is 35.5. The van der Waals surface area contributed by atoms with Gasteiger partial charge in [-0.15, -0.1) is 0 Å². The third kappa shape index (κ3) is 3.13. The normalized spacial score (nSPS) is 11.0. The number of ether oxygens (including phenoxy) is 1. The van der Waals surface area contributed by atoms with Crippen molar-refractivity contribution in [2.75, 3.05) is 12.4 Å². The summed E-state index contributed by atoms with van der Waals surface area (Å²) in [6, 6.07) is 12.5. The van der Waals surface area contributed by atoms with E-state index in [0.717, 1.165) is 21.0 Å². The Morgan fingerprint density at radius 1 is 1.26 bits per heavy atom. The molecule has 0 bridgehead atoms. The highest BCUT2D eigenvalue weighted by molar-refractivity contribution is 6.31. The van der Waals surface area contributed by atoms with Crippen LogP contribution in [0.2, 0.25) is 5.02 Å². The van der Waals surface area contributed by atoms with E-state index < -0.39 is 5.91 Å². The Morgan fingerprint density at radius 2 is 2.07 bits per heavy atom. The first-order chi connectivity index (χ1) is 13.1. The topological polar surface area (TPSA) is 89.0 Å². The van der Waals surface area contributed by atoms with Crippen LogP contribution in [0.3, 0.4) is 0 Å². The molecular formula is C19H15ClN4O3. The van der Waals surface area contributed by atoms with Crippen LogP contribution in [0.25, 0.3) is 21.8 Å². The fourth-order valence-corrected chi connectivity index (χ4v) is 3.16. The van der Waals surface area contributed by atoms with E-state index in [0.29, 0.717) is 22.0 Å². The largest absolute Gasteiger partial charge is 0.495 e. The van der Waals surface area contributed by atoms with Crippen molar-refractivity contribution in [2.24, 2.45) is 0 Å². The SMILES string of the molecule is COc1ccc(Cl)cc1NC(=O)Cn1ncc2c([nH]c3ccccc32)c1=O. The number of nitrogens with one attached hydrogen (secondary N) is 2. The smallest absolute Gasteiger partial charge is 0.291 e. The molecule has 0 aliphatic carbocycles. The summed E-state index contributed by atoms with van der Waals surface area (Å²) in [5.41, 5.74) is 1.32. The van der Waals surface area contributed by atoms with E-state index >= 15 is 0 Å². The average Bonchev–Trinajstić information content (AvgIpc) is 3.04. The number of para-hydroxylation sites is 1. The van der Waals surface area contributed by atoms with Crippen LogP contribution in [0, 0.1) is 0 Å². The van der Waals surface area contributed by atoms with Gasteiger partial charge in [0.15, 0.2) is 0 Å². The number of aromatic amines is 1. The van der Waals surface area contributed by atoms with Crippen molar-refractivity contribution in [1.82, 2.24) is 14.8 Å². The highest BCUT2D eigenvalue weighted by Crippen LogP contribution is 2.27. The third-order valence-electron chi connectivity index (χ3n) is 4.25. The fourth-order valence-electron chi connectivity index (χ4n) is 2.99. The molecule has 0 unspecified atom stereocenters. The summed E-state index contributed by atoms with van der Waals surface area (Å²) in [7, 11) is 1.49. The molecule has 2 N–H and O–H groups in total. The van der Waals surface area contributed by atoms with Gasteiger partial charge in [0, 0.05) is 21.3 Å². The quantitative estimate of drug-likeness (QED) is 0.567. The molecule has 4 rings (SSSR count). The molecule has 2 aromatic carbocycles. The average molecular weight is 383 g/mol. The number of hydrogen-bond donors (Lipinski definition) is 2. The predicted molar refractivity (Wildman–Crippen MR) is 104 cm³/mol. The minimum absolute atomic E-state index is 0.236. The van der Waals surface area contributed by atoms with Crippen LogP contribution in [0.5, 0.6) is 5.75 Å². The van der Waals surface area contributed by atoms with Gasteiger partial charge in [-0.3, -0.25) is 9.59 Å². The number of nitrogens with zero attached hydrogens (tertiary/aromatic N) is 2. The molecule has 0 atom stereocenters. The van der Waals surface area contributed by atoms with Gasteiger partial charge in [0.25, 0.3) is 5.56 Å². The molecule has 27 heavy (non-hydrogen) atoms. The minimum atomic E-state index is -0.416. The van der Waals surface area contributed by atoms with E-state index in [4.69, 9.17) is 16.3 Å². The Morgan fingerprint density at radius 3 is 2.89 bits per heavy atom. The van der Waals surface area contributed by atoms with E-state index in [1.54, 1.807) is 24.4 Å². The van der Waals surface area contributed by atoms with Crippen molar-refractivity contribution in [1.29, 1.82) is 0 Å². The lowest BCUT2D eigenvalue weighted by Crippen LogP contribution is -2.29. The number of aromatic nitrogens is 3. The number of carbonyl (C=O) groups is 1. The van der Waals surface area contributed by atoms with Gasteiger partial charge in [-0.1, -0.05) is 29.8 Å². The lowest BCUT2D eigenvalue weighted by atomic mass is 10.2. The summed E-state index contributed by atoms with van der Waals surface area (Å²) in [5, 5.41) is 8.93. The Balaban J connectivity index is 1.64. The molecule has 2 heterocycles. The van der Waals surface area contributed by atoms with E-state index in [9.17, 15) is 9.59 Å². The number of fused-ring (bicyclic) bond motifs is 3. The van der Waals surface area contributed by atoms with Crippen molar-refractivity contribution in [2.45, 2.75) is 6.54 Å². The Bertz CT molecular complexity index is 1230. The molecule has 0 aliphatic heterocycles. The van der Waals surface area contributed by atoms with Crippen molar-refractivity contribution >= 4 is 45.0 Å². The zero-order valence-corrected chi connectivity index (χ0v) is 15.1. The molecule has 0 spiro atoms. The van der Waals surface area contributed by atoms with Crippen molar-refractivity contribution in [3.05, 3.63) is 64.0 Å². The first kappa shape index (κ1) is 17.1. The van der Waals surface area contributed by atoms with Crippen LogP contribution in [0.15, 0.2) is 53.5 Å². The number of amides is 1. The molecule has 0 saturated carbocycles. The maximum Gasteiger partial charge on any atom is 0.291 e. The van der Waals surface area contributed by atoms with Crippen LogP contribution in [0.4, 0.5) is 5.69 Å². The molecule has 4 aromatic rings. The van der Waals surface area contributed by atoms with E-state index in [1.165, 1.54) is 7.11 Å². The molecule has 1 amide bonds. The number of rotatable bonds is 4. The predicted octanol–water partition coefficient (Wildman–Crippen LogP) is 3.18. The van der Waals surface area contributed by atoms with Crippen molar-refractivity contribution in [3.63, 3.8) is 0 Å². The molecule has 2 aromatic heterocycles. The first-order valence-electron chi connectivity index (χ1n) is 8.17. The second-order valence-corrected chi connectivity index (χ2v) is 6.40. The zero-order chi connectivity index (χ0) is 19.0. The number of hydrogen-bond acceptors (Lipinski definition) is 4. The second kappa shape index (κ2) is 6.77. The standard InChI is InChI=1S/C19H15ClN4O3/c1-27-16-7-6-11(20)8-15(16)22-17(25)10-24-19(26)18-13(9-21-24)12-4-2-3-5-14(12)23-18/h2-9,23H,10H2,1H3,(H,22,25). The highest BCUT2D eigenvalue weighted by Gasteiger charge is 2.14. The lowest BCUT2D eigenvalue weighted by molar-refractivity contribution is -0.117. The maximum absolute atomic E-state index is 12.7. The van der Waals surface area contributed by atoms with Crippen molar-refractivity contribution in [3.8, 4) is 5.75 Å². The molecule has 0 fully saturated rings. The number of methoxy groups -OCH3 is 1. The molecule has 0 saturated heterocycles. The van der Waals surface area contributed by atoms with Crippen LogP contribution >= 0.6 is 11.6 Å². The van der Waals surface area contributed by atoms with Gasteiger partial charge in [-0.2, -0.15) is 5.10 Å². The molecule has 136 valence electrons. The number of anilines is 1. The van der Waals surface area contributed by atoms with Crippen LogP contribution in [0.1, 0.15) is 0 Å². The van der Waals surface area contributed by atoms with Gasteiger partial charge < -0.3 is 15.0 Å². The summed E-state index contributed by atoms with van der Waals surface area (Å²) in [6.45, 7) is -0.236. The Hall–Kier alpha value is -3.32. The Labute approximate surface area is 158 Å². The van der Waals surface area contributed by atoms with Gasteiger partial charge in [-0.25, -0.2) is 4.68 Å². The summed E-state index contributed by atoms with van der Waals surface area (Å²) < 4.78 is 6.32. The monoisotopic (exact) mass is 382 g/mol. The molecule has 8 heteroatoms. The van der Waals surface area contributed by atoms with Gasteiger partial charge in [0.2, 0.25) is 5.91 Å². The summed E-state index contributed by atoms with van der Waals surface area (Å²) in [5.74, 6) is 0.0553. The van der Waals surface area contributed by atoms with Gasteiger partial charge in [0.05, 0.1) is 19.0 Å². The lowest BCUT2D eigenvalue weighted by Gasteiger charge is -2.11. The summed E-state index contributed by atoms with van der Waals surface area (Å²) in [4.78, 5) is 28.2. The minimum Gasteiger partial charge on any atom is -0.495 e. The summed E-state index contributed by atoms with van der Waals surface area (Å²) >= 11 is 5.97. The van der Waals surface area contributed by atoms with Gasteiger partial charge in [0.1, 0.15) is 17.8 Å². The van der Waals surface area contributed by atoms with E-state index in [-0.39, 0.29) is 12.1 Å². The van der Waals surface area contributed by atoms with Gasteiger partial charge in [-0.05, 0) is 24.3 Å². The van der Waals surface area contributed by atoms with E-state index in [1.807, 2.05) is 24.3 Å². The number of benzene rings is 2. The Kier molecular flexibility index (Phi) is 4.29. The molecule has 7 nitrogen and oxygen atoms in total. The fraction of sp³-hybridized carbons (Fsp3) is 0.105. The van der Waals surface area contributed by atoms with E-state index in [2.05, 4.69) is 15.4 Å². The number of H-pyrrole nitrogens is 1. The van der Waals surface area contributed by atoms with Crippen LogP contribution in [-0.2, 0) is 11.3 Å². The van der Waals surface area contributed by atoms with Gasteiger partial charge >= 0.3 is 0 Å². The maximum atomic E-state index is 12.7. The second-order valence-electron chi connectivity index (χ2n) is 5.96. The molecule has 0 radical (unpaired) electrons. The number of halogens is 1. The summed E-state index contributed by atoms with van der Waals surface area (Å²) in [6.07, 6.45) is 1.59. The number of carbonyl (C=O) groups excluding carboxylic acids is 1. The van der Waals surface area contributed by atoms with Crippen LogP contribution in [-0.4, -0.2) is 27.8 Å². The van der Waals surface area contributed by atoms with Crippen molar-refractivity contribution < 1.29 is 9.53 Å². The molecule has 0 aliphatic rings.